The number of allylic oxidation sites excluding steroid dienone is 1. The molecule has 1 heterocycles. The molecule has 1 aromatic carbocycles. The molecule has 2 aromatic rings. The molecule has 2 rings (SSSR count). The van der Waals surface area contributed by atoms with Crippen molar-refractivity contribution in [2.45, 2.75) is 0 Å². The van der Waals surface area contributed by atoms with Crippen LogP contribution in [0, 0.1) is 0 Å². The van der Waals surface area contributed by atoms with Gasteiger partial charge in [0.15, 0.2) is 6.61 Å². The van der Waals surface area contributed by atoms with Crippen molar-refractivity contribution in [3.8, 4) is 5.75 Å². The first-order chi connectivity index (χ1) is 10.2. The lowest BCUT2D eigenvalue weighted by Gasteiger charge is -2.04. The minimum Gasteiger partial charge on any atom is -0.484 e. The predicted octanol–water partition coefficient (Wildman–Crippen LogP) is 3.13. The highest BCUT2D eigenvalue weighted by Crippen LogP contribution is 2.15. The van der Waals surface area contributed by atoms with Gasteiger partial charge in [-0.05, 0) is 48.6 Å². The summed E-state index contributed by atoms with van der Waals surface area (Å²) in [6.07, 6.45) is 6.40. The molecule has 0 aliphatic heterocycles. The van der Waals surface area contributed by atoms with Gasteiger partial charge in [-0.3, -0.25) is 4.79 Å². The Morgan fingerprint density at radius 1 is 1.33 bits per heavy atom. The van der Waals surface area contributed by atoms with Gasteiger partial charge in [-0.15, -0.1) is 0 Å². The molecular formula is C15H13ClN2O3. The van der Waals surface area contributed by atoms with Crippen molar-refractivity contribution in [3.63, 3.8) is 0 Å². The van der Waals surface area contributed by atoms with Gasteiger partial charge in [0, 0.05) is 11.2 Å². The molecule has 0 aliphatic rings. The summed E-state index contributed by atoms with van der Waals surface area (Å²) >= 11 is 5.74. The maximum Gasteiger partial charge on any atom is 0.277 e. The molecule has 1 amide bonds. The van der Waals surface area contributed by atoms with Crippen molar-refractivity contribution < 1.29 is 13.9 Å². The van der Waals surface area contributed by atoms with Crippen LogP contribution in [0.3, 0.4) is 0 Å². The molecule has 21 heavy (non-hydrogen) atoms. The molecule has 0 unspecified atom stereocenters. The number of carbonyl (C=O) groups excluding carboxylic acids is 1. The molecule has 0 saturated heterocycles. The van der Waals surface area contributed by atoms with E-state index in [-0.39, 0.29) is 12.5 Å². The summed E-state index contributed by atoms with van der Waals surface area (Å²) in [6, 6.07) is 10.3. The summed E-state index contributed by atoms with van der Waals surface area (Å²) in [7, 11) is 0. The predicted molar refractivity (Wildman–Crippen MR) is 81.3 cm³/mol. The van der Waals surface area contributed by atoms with E-state index in [1.807, 2.05) is 6.07 Å². The second-order valence-electron chi connectivity index (χ2n) is 3.93. The Morgan fingerprint density at radius 3 is 2.86 bits per heavy atom. The number of amides is 1. The molecule has 108 valence electrons. The summed E-state index contributed by atoms with van der Waals surface area (Å²) in [6.45, 7) is -0.124. The van der Waals surface area contributed by atoms with Crippen LogP contribution < -0.4 is 10.2 Å². The molecule has 0 saturated carbocycles. The molecule has 0 atom stereocenters. The van der Waals surface area contributed by atoms with Gasteiger partial charge in [-0.1, -0.05) is 11.6 Å². The zero-order valence-electron chi connectivity index (χ0n) is 11.0. The Hall–Kier alpha value is -2.53. The second-order valence-corrected chi connectivity index (χ2v) is 4.37. The quantitative estimate of drug-likeness (QED) is 0.658. The molecule has 0 radical (unpaired) electrons. The SMILES string of the molecule is O=C(COc1ccc(Cl)cc1)N/N=C\C=C\c1ccco1. The molecule has 0 fully saturated rings. The first kappa shape index (κ1) is 14.9. The maximum atomic E-state index is 11.5. The fraction of sp³-hybridized carbons (Fsp3) is 0.0667. The third kappa shape index (κ3) is 5.54. The van der Waals surface area contributed by atoms with Crippen molar-refractivity contribution in [3.05, 3.63) is 59.5 Å². The van der Waals surface area contributed by atoms with Crippen molar-refractivity contribution >= 4 is 29.8 Å². The third-order valence-electron chi connectivity index (χ3n) is 2.34. The first-order valence-electron chi connectivity index (χ1n) is 6.14. The number of benzene rings is 1. The smallest absolute Gasteiger partial charge is 0.277 e. The minimum atomic E-state index is -0.354. The largest absolute Gasteiger partial charge is 0.484 e. The van der Waals surface area contributed by atoms with Gasteiger partial charge in [0.1, 0.15) is 11.5 Å². The van der Waals surface area contributed by atoms with Crippen LogP contribution >= 0.6 is 11.6 Å². The lowest BCUT2D eigenvalue weighted by molar-refractivity contribution is -0.123. The monoisotopic (exact) mass is 304 g/mol. The number of nitrogens with one attached hydrogen (secondary N) is 1. The van der Waals surface area contributed by atoms with E-state index in [0.717, 1.165) is 0 Å². The van der Waals surface area contributed by atoms with Gasteiger partial charge >= 0.3 is 0 Å². The Kier molecular flexibility index (Phi) is 5.60. The standard InChI is InChI=1S/C15H13ClN2O3/c16-12-5-7-14(8-6-12)21-11-15(19)18-17-9-1-3-13-4-2-10-20-13/h1-10H,11H2,(H,18,19)/b3-1+,17-9-. The van der Waals surface area contributed by atoms with Crippen LogP contribution in [0.15, 0.2) is 58.3 Å². The number of ether oxygens (including phenoxy) is 1. The number of hydrogen-bond acceptors (Lipinski definition) is 4. The highest BCUT2D eigenvalue weighted by atomic mass is 35.5. The summed E-state index contributed by atoms with van der Waals surface area (Å²) in [5.74, 6) is 0.919. The summed E-state index contributed by atoms with van der Waals surface area (Å²) < 4.78 is 10.4. The molecule has 0 bridgehead atoms. The average Bonchev–Trinajstić information content (AvgIpc) is 2.99. The van der Waals surface area contributed by atoms with Crippen LogP contribution in [0.5, 0.6) is 5.75 Å². The number of rotatable bonds is 6. The van der Waals surface area contributed by atoms with E-state index in [2.05, 4.69) is 10.5 Å². The van der Waals surface area contributed by atoms with Crippen LogP contribution in [0.4, 0.5) is 0 Å². The first-order valence-corrected chi connectivity index (χ1v) is 6.52. The van der Waals surface area contributed by atoms with Crippen molar-refractivity contribution in [2.75, 3.05) is 6.61 Å². The van der Waals surface area contributed by atoms with E-state index >= 15 is 0 Å². The van der Waals surface area contributed by atoms with Crippen molar-refractivity contribution in [1.82, 2.24) is 5.43 Å². The molecule has 0 spiro atoms. The average molecular weight is 305 g/mol. The van der Waals surface area contributed by atoms with Crippen LogP contribution in [0.25, 0.3) is 6.08 Å². The normalized spacial score (nSPS) is 11.1. The Balaban J connectivity index is 1.68. The highest BCUT2D eigenvalue weighted by molar-refractivity contribution is 6.30. The lowest BCUT2D eigenvalue weighted by atomic mass is 10.3. The van der Waals surface area contributed by atoms with E-state index in [0.29, 0.717) is 16.5 Å². The van der Waals surface area contributed by atoms with E-state index in [9.17, 15) is 4.79 Å². The van der Waals surface area contributed by atoms with Gasteiger partial charge < -0.3 is 9.15 Å². The number of hydrazone groups is 1. The van der Waals surface area contributed by atoms with Gasteiger partial charge in [0.25, 0.3) is 5.91 Å². The summed E-state index contributed by atoms with van der Waals surface area (Å²) in [5.41, 5.74) is 2.34. The molecule has 1 aromatic heterocycles. The second kappa shape index (κ2) is 7.91. The van der Waals surface area contributed by atoms with Crippen LogP contribution in [0.1, 0.15) is 5.76 Å². The number of nitrogens with zero attached hydrogens (tertiary/aromatic N) is 1. The summed E-state index contributed by atoms with van der Waals surface area (Å²) in [5, 5.41) is 4.35. The van der Waals surface area contributed by atoms with Crippen LogP contribution in [-0.4, -0.2) is 18.7 Å². The Labute approximate surface area is 126 Å². The van der Waals surface area contributed by atoms with Gasteiger partial charge in [0.2, 0.25) is 0 Å². The Bertz CT molecular complexity index is 619. The minimum absolute atomic E-state index is 0.124. The van der Waals surface area contributed by atoms with Crippen molar-refractivity contribution in [1.29, 1.82) is 0 Å². The van der Waals surface area contributed by atoms with E-state index < -0.39 is 0 Å². The number of halogens is 1. The molecule has 5 nitrogen and oxygen atoms in total. The van der Waals surface area contributed by atoms with Gasteiger partial charge in [-0.25, -0.2) is 5.43 Å². The maximum absolute atomic E-state index is 11.5. The van der Waals surface area contributed by atoms with E-state index in [1.165, 1.54) is 6.21 Å². The van der Waals surface area contributed by atoms with Crippen molar-refractivity contribution in [2.24, 2.45) is 5.10 Å². The zero-order valence-corrected chi connectivity index (χ0v) is 11.8. The molecular weight excluding hydrogens is 292 g/mol. The highest BCUT2D eigenvalue weighted by Gasteiger charge is 2.00. The summed E-state index contributed by atoms with van der Waals surface area (Å²) in [4.78, 5) is 11.5. The van der Waals surface area contributed by atoms with Crippen LogP contribution in [0.2, 0.25) is 5.02 Å². The lowest BCUT2D eigenvalue weighted by Crippen LogP contribution is -2.24. The van der Waals surface area contributed by atoms with Gasteiger partial charge in [-0.2, -0.15) is 5.10 Å². The molecule has 0 aliphatic carbocycles. The van der Waals surface area contributed by atoms with E-state index in [4.69, 9.17) is 20.8 Å². The molecule has 6 heteroatoms. The Morgan fingerprint density at radius 2 is 2.14 bits per heavy atom. The van der Waals surface area contributed by atoms with E-state index in [1.54, 1.807) is 48.7 Å². The fourth-order valence-corrected chi connectivity index (χ4v) is 1.51. The zero-order chi connectivity index (χ0) is 14.9. The topological polar surface area (TPSA) is 63.8 Å². The number of hydrogen-bond donors (Lipinski definition) is 1. The fourth-order valence-electron chi connectivity index (χ4n) is 1.39. The molecule has 1 N–H and O–H groups in total. The van der Waals surface area contributed by atoms with Crippen LogP contribution in [-0.2, 0) is 4.79 Å². The number of furan rings is 1. The third-order valence-corrected chi connectivity index (χ3v) is 2.59. The van der Waals surface area contributed by atoms with Gasteiger partial charge in [0.05, 0.1) is 6.26 Å². The number of carbonyl (C=O) groups is 1.